The SMILES string of the molecule is CCOC(=O)C1=C(CN2CCN(C(=O)c3ccccc3F)[C@@H](C)C2)N(CC)C(=O)N[C@H]1c1cccc(Cl)c1Cl. The highest BCUT2D eigenvalue weighted by molar-refractivity contribution is 6.42. The van der Waals surface area contributed by atoms with Crippen LogP contribution in [-0.2, 0) is 9.53 Å². The molecule has 0 aromatic heterocycles. The molecule has 2 aliphatic rings. The van der Waals surface area contributed by atoms with Crippen LogP contribution in [0.4, 0.5) is 9.18 Å². The minimum atomic E-state index is -0.859. The minimum absolute atomic E-state index is 0.0347. The van der Waals surface area contributed by atoms with Crippen LogP contribution in [0.5, 0.6) is 0 Å². The zero-order valence-corrected chi connectivity index (χ0v) is 23.6. The Balaban J connectivity index is 1.66. The predicted octanol–water partition coefficient (Wildman–Crippen LogP) is 4.88. The second-order valence-electron chi connectivity index (χ2n) is 9.41. The smallest absolute Gasteiger partial charge is 0.338 e. The fourth-order valence-corrected chi connectivity index (χ4v) is 5.53. The maximum absolute atomic E-state index is 14.3. The number of benzene rings is 2. The topological polar surface area (TPSA) is 82.2 Å². The molecule has 1 saturated heterocycles. The summed E-state index contributed by atoms with van der Waals surface area (Å²) in [5, 5.41) is 3.43. The van der Waals surface area contributed by atoms with Crippen molar-refractivity contribution in [2.45, 2.75) is 32.9 Å². The fraction of sp³-hybridized carbons (Fsp3) is 0.393. The Hall–Kier alpha value is -3.14. The summed E-state index contributed by atoms with van der Waals surface area (Å²) < 4.78 is 19.7. The van der Waals surface area contributed by atoms with Gasteiger partial charge in [0, 0.05) is 44.5 Å². The molecule has 0 spiro atoms. The highest BCUT2D eigenvalue weighted by atomic mass is 35.5. The number of rotatable bonds is 7. The highest BCUT2D eigenvalue weighted by Gasteiger charge is 2.40. The molecule has 0 aliphatic carbocycles. The summed E-state index contributed by atoms with van der Waals surface area (Å²) in [5.74, 6) is -1.48. The normalized spacial score (nSPS) is 20.2. The van der Waals surface area contributed by atoms with Crippen molar-refractivity contribution < 1.29 is 23.5 Å². The second kappa shape index (κ2) is 12.4. The number of hydrogen-bond donors (Lipinski definition) is 1. The van der Waals surface area contributed by atoms with Crippen molar-refractivity contribution >= 4 is 41.1 Å². The van der Waals surface area contributed by atoms with Crippen molar-refractivity contribution in [2.24, 2.45) is 0 Å². The molecular weight excluding hydrogens is 546 g/mol. The number of amides is 3. The van der Waals surface area contributed by atoms with E-state index in [2.05, 4.69) is 10.2 Å². The van der Waals surface area contributed by atoms with Gasteiger partial charge in [-0.3, -0.25) is 14.6 Å². The average Bonchev–Trinajstić information content (AvgIpc) is 2.90. The van der Waals surface area contributed by atoms with Crippen LogP contribution in [-0.4, -0.2) is 78.0 Å². The molecule has 8 nitrogen and oxygen atoms in total. The molecular formula is C28H31Cl2FN4O4. The zero-order valence-electron chi connectivity index (χ0n) is 22.0. The van der Waals surface area contributed by atoms with Gasteiger partial charge in [-0.05, 0) is 44.5 Å². The van der Waals surface area contributed by atoms with Gasteiger partial charge in [0.1, 0.15) is 5.82 Å². The molecule has 0 saturated carbocycles. The van der Waals surface area contributed by atoms with Gasteiger partial charge in [-0.15, -0.1) is 0 Å². The number of nitrogens with zero attached hydrogens (tertiary/aromatic N) is 3. The van der Waals surface area contributed by atoms with Gasteiger partial charge in [-0.1, -0.05) is 47.5 Å². The lowest BCUT2D eigenvalue weighted by atomic mass is 9.93. The van der Waals surface area contributed by atoms with Crippen molar-refractivity contribution in [1.29, 1.82) is 0 Å². The molecule has 0 unspecified atom stereocenters. The van der Waals surface area contributed by atoms with Crippen LogP contribution in [0.2, 0.25) is 10.0 Å². The lowest BCUT2D eigenvalue weighted by Crippen LogP contribution is -2.56. The van der Waals surface area contributed by atoms with E-state index in [1.165, 1.54) is 17.0 Å². The molecule has 0 radical (unpaired) electrons. The number of piperazine rings is 1. The number of esters is 1. The van der Waals surface area contributed by atoms with Crippen molar-refractivity contribution in [3.05, 3.63) is 80.7 Å². The van der Waals surface area contributed by atoms with Gasteiger partial charge in [0.2, 0.25) is 0 Å². The number of halogens is 3. The monoisotopic (exact) mass is 576 g/mol. The first-order valence-electron chi connectivity index (χ1n) is 12.9. The van der Waals surface area contributed by atoms with E-state index in [1.807, 2.05) is 13.8 Å². The largest absolute Gasteiger partial charge is 0.463 e. The van der Waals surface area contributed by atoms with Crippen LogP contribution in [0.25, 0.3) is 0 Å². The molecule has 3 amide bonds. The van der Waals surface area contributed by atoms with Crippen molar-refractivity contribution in [2.75, 3.05) is 39.3 Å². The van der Waals surface area contributed by atoms with Gasteiger partial charge in [-0.2, -0.15) is 0 Å². The predicted molar refractivity (Wildman–Crippen MR) is 147 cm³/mol. The molecule has 1 fully saturated rings. The maximum atomic E-state index is 14.3. The molecule has 2 aliphatic heterocycles. The van der Waals surface area contributed by atoms with Gasteiger partial charge in [0.25, 0.3) is 5.91 Å². The fourth-order valence-electron chi connectivity index (χ4n) is 5.11. The van der Waals surface area contributed by atoms with Crippen LogP contribution in [0.15, 0.2) is 53.7 Å². The summed E-state index contributed by atoms with van der Waals surface area (Å²) in [6.07, 6.45) is 0. The van der Waals surface area contributed by atoms with Crippen molar-refractivity contribution in [3.8, 4) is 0 Å². The lowest BCUT2D eigenvalue weighted by Gasteiger charge is -2.43. The molecule has 11 heteroatoms. The third-order valence-electron chi connectivity index (χ3n) is 6.99. The summed E-state index contributed by atoms with van der Waals surface area (Å²) in [7, 11) is 0. The Labute approximate surface area is 237 Å². The van der Waals surface area contributed by atoms with E-state index < -0.39 is 17.8 Å². The Morgan fingerprint density at radius 3 is 2.51 bits per heavy atom. The van der Waals surface area contributed by atoms with Crippen LogP contribution in [0.3, 0.4) is 0 Å². The number of carbonyl (C=O) groups excluding carboxylic acids is 3. The second-order valence-corrected chi connectivity index (χ2v) is 10.2. The molecule has 2 aromatic carbocycles. The molecule has 39 heavy (non-hydrogen) atoms. The van der Waals surface area contributed by atoms with Gasteiger partial charge in [0.05, 0.1) is 33.8 Å². The first kappa shape index (κ1) is 28.9. The summed E-state index contributed by atoms with van der Waals surface area (Å²) in [6.45, 7) is 7.45. The van der Waals surface area contributed by atoms with Gasteiger partial charge < -0.3 is 15.0 Å². The molecule has 0 bridgehead atoms. The third kappa shape index (κ3) is 5.90. The van der Waals surface area contributed by atoms with E-state index in [1.54, 1.807) is 42.2 Å². The average molecular weight is 577 g/mol. The Morgan fingerprint density at radius 2 is 1.85 bits per heavy atom. The number of hydrogen-bond acceptors (Lipinski definition) is 5. The lowest BCUT2D eigenvalue weighted by molar-refractivity contribution is -0.139. The van der Waals surface area contributed by atoms with Gasteiger partial charge >= 0.3 is 12.0 Å². The van der Waals surface area contributed by atoms with Crippen molar-refractivity contribution in [3.63, 3.8) is 0 Å². The molecule has 2 heterocycles. The summed E-state index contributed by atoms with van der Waals surface area (Å²) in [4.78, 5) is 44.9. The van der Waals surface area contributed by atoms with E-state index in [9.17, 15) is 18.8 Å². The molecule has 2 atom stereocenters. The number of likely N-dealkylation sites (N-methyl/N-ethyl adjacent to an activating group) is 1. The van der Waals surface area contributed by atoms with E-state index in [4.69, 9.17) is 27.9 Å². The summed E-state index contributed by atoms with van der Waals surface area (Å²) >= 11 is 12.8. The number of urea groups is 1. The molecule has 208 valence electrons. The standard InChI is InChI=1S/C28H31Cl2FN4O4/c1-4-34-22(16-33-13-14-35(17(3)15-33)26(36)18-9-6-7-12-21(18)31)23(27(37)39-5-2)25(32-28(34)38)19-10-8-11-20(29)24(19)30/h6-12,17,25H,4-5,13-16H2,1-3H3,(H,32,38)/t17-,25-/m0/s1. The minimum Gasteiger partial charge on any atom is -0.463 e. The summed E-state index contributed by atoms with van der Waals surface area (Å²) in [5.41, 5.74) is 1.30. The molecule has 2 aromatic rings. The van der Waals surface area contributed by atoms with Crippen molar-refractivity contribution in [1.82, 2.24) is 20.0 Å². The zero-order chi connectivity index (χ0) is 28.3. The Kier molecular flexibility index (Phi) is 9.15. The molecule has 4 rings (SSSR count). The molecule has 1 N–H and O–H groups in total. The van der Waals surface area contributed by atoms with Crippen LogP contribution < -0.4 is 5.32 Å². The van der Waals surface area contributed by atoms with E-state index in [0.29, 0.717) is 42.5 Å². The number of ether oxygens (including phenoxy) is 1. The van der Waals surface area contributed by atoms with E-state index >= 15 is 0 Å². The number of carbonyl (C=O) groups is 3. The first-order valence-corrected chi connectivity index (χ1v) is 13.6. The summed E-state index contributed by atoms with van der Waals surface area (Å²) in [6, 6.07) is 9.52. The number of nitrogens with one attached hydrogen (secondary N) is 1. The quantitative estimate of drug-likeness (QED) is 0.475. The van der Waals surface area contributed by atoms with E-state index in [-0.39, 0.29) is 47.3 Å². The van der Waals surface area contributed by atoms with Crippen LogP contribution >= 0.6 is 23.2 Å². The Bertz CT molecular complexity index is 1300. The van der Waals surface area contributed by atoms with E-state index in [0.717, 1.165) is 0 Å². The third-order valence-corrected chi connectivity index (χ3v) is 7.83. The van der Waals surface area contributed by atoms with Gasteiger partial charge in [0.15, 0.2) is 0 Å². The maximum Gasteiger partial charge on any atom is 0.338 e. The van der Waals surface area contributed by atoms with Crippen LogP contribution in [0, 0.1) is 5.82 Å². The highest BCUT2D eigenvalue weighted by Crippen LogP contribution is 2.38. The first-order chi connectivity index (χ1) is 18.7. The Morgan fingerprint density at radius 1 is 1.10 bits per heavy atom. The van der Waals surface area contributed by atoms with Crippen LogP contribution in [0.1, 0.15) is 42.7 Å². The van der Waals surface area contributed by atoms with Gasteiger partial charge in [-0.25, -0.2) is 14.0 Å².